The summed E-state index contributed by atoms with van der Waals surface area (Å²) in [7, 11) is 0. The van der Waals surface area contributed by atoms with Crippen molar-refractivity contribution in [3.05, 3.63) is 59.7 Å². The van der Waals surface area contributed by atoms with E-state index in [-0.39, 0.29) is 42.5 Å². The number of nitrogens with one attached hydrogen (secondary N) is 1. The molecule has 0 aromatic heterocycles. The number of rotatable bonds is 5. The molecule has 3 fully saturated rings. The molecule has 6 rings (SSSR count). The quantitative estimate of drug-likeness (QED) is 0.708. The molecule has 7 heteroatoms. The Balaban J connectivity index is 1.02. The molecule has 176 valence electrons. The highest BCUT2D eigenvalue weighted by Crippen LogP contribution is 2.45. The van der Waals surface area contributed by atoms with Gasteiger partial charge in [0.1, 0.15) is 6.61 Å². The van der Waals surface area contributed by atoms with E-state index in [2.05, 4.69) is 29.6 Å². The number of carbonyl (C=O) groups is 3. The lowest BCUT2D eigenvalue weighted by molar-refractivity contribution is -0.144. The Morgan fingerprint density at radius 2 is 1.59 bits per heavy atom. The van der Waals surface area contributed by atoms with Crippen LogP contribution in [-0.2, 0) is 14.3 Å². The van der Waals surface area contributed by atoms with Crippen molar-refractivity contribution in [3.8, 4) is 11.1 Å². The van der Waals surface area contributed by atoms with E-state index in [9.17, 15) is 19.5 Å². The molecule has 34 heavy (non-hydrogen) atoms. The third-order valence-electron chi connectivity index (χ3n) is 8.26. The fraction of sp³-hybridized carbons (Fsp3) is 0.444. The minimum absolute atomic E-state index is 0.0155. The summed E-state index contributed by atoms with van der Waals surface area (Å²) in [6.45, 7) is 0.267. The average Bonchev–Trinajstić information content (AvgIpc) is 3.49. The van der Waals surface area contributed by atoms with Gasteiger partial charge in [-0.15, -0.1) is 0 Å². The SMILES string of the molecule is O=C(NC1CC(C(=O)N2C3CCC2C(C(=O)O)C3)C1)OCC1c2ccccc2-c2ccccc21. The van der Waals surface area contributed by atoms with Gasteiger partial charge in [-0.3, -0.25) is 9.59 Å². The van der Waals surface area contributed by atoms with Crippen LogP contribution in [0.4, 0.5) is 4.79 Å². The second-order valence-corrected chi connectivity index (χ2v) is 10.1. The van der Waals surface area contributed by atoms with Gasteiger partial charge in [-0.25, -0.2) is 4.79 Å². The number of benzene rings is 2. The van der Waals surface area contributed by atoms with E-state index in [4.69, 9.17) is 4.74 Å². The Morgan fingerprint density at radius 1 is 0.941 bits per heavy atom. The van der Waals surface area contributed by atoms with Crippen molar-refractivity contribution < 1.29 is 24.2 Å². The monoisotopic (exact) mass is 460 g/mol. The highest BCUT2D eigenvalue weighted by Gasteiger charge is 2.53. The fourth-order valence-electron chi connectivity index (χ4n) is 6.55. The van der Waals surface area contributed by atoms with Crippen molar-refractivity contribution in [1.82, 2.24) is 10.2 Å². The van der Waals surface area contributed by atoms with Gasteiger partial charge < -0.3 is 20.1 Å². The summed E-state index contributed by atoms with van der Waals surface area (Å²) in [6, 6.07) is 16.3. The van der Waals surface area contributed by atoms with Gasteiger partial charge >= 0.3 is 12.1 Å². The zero-order valence-electron chi connectivity index (χ0n) is 18.9. The molecular formula is C27H28N2O5. The molecule has 3 atom stereocenters. The van der Waals surface area contributed by atoms with Crippen LogP contribution in [-0.4, -0.2) is 52.7 Å². The minimum Gasteiger partial charge on any atom is -0.481 e. The van der Waals surface area contributed by atoms with Gasteiger partial charge in [-0.2, -0.15) is 0 Å². The first-order chi connectivity index (χ1) is 16.5. The standard InChI is InChI=1S/C27H28N2O5/c30-25(29-17-9-10-24(29)22(13-17)26(31)32)15-11-16(12-15)28-27(33)34-14-23-20-7-3-1-5-18(20)19-6-2-4-8-21(19)23/h1-8,15-17,22-24H,9-14H2,(H,28,33)(H,31,32). The molecule has 3 unspecified atom stereocenters. The number of carboxylic acids is 1. The van der Waals surface area contributed by atoms with E-state index < -0.39 is 18.0 Å². The molecule has 0 spiro atoms. The van der Waals surface area contributed by atoms with Gasteiger partial charge in [0.2, 0.25) is 5.91 Å². The summed E-state index contributed by atoms with van der Waals surface area (Å²) in [5.74, 6) is -1.30. The zero-order valence-corrected chi connectivity index (χ0v) is 18.9. The lowest BCUT2D eigenvalue weighted by Crippen LogP contribution is -2.51. The number of hydrogen-bond donors (Lipinski definition) is 2. The Bertz CT molecular complexity index is 1110. The molecule has 7 nitrogen and oxygen atoms in total. The predicted octanol–water partition coefficient (Wildman–Crippen LogP) is 3.77. The predicted molar refractivity (Wildman–Crippen MR) is 124 cm³/mol. The van der Waals surface area contributed by atoms with Crippen LogP contribution in [0.5, 0.6) is 0 Å². The maximum Gasteiger partial charge on any atom is 0.407 e. The Labute approximate surface area is 198 Å². The molecule has 2 aromatic rings. The minimum atomic E-state index is -0.798. The number of hydrogen-bond acceptors (Lipinski definition) is 4. The molecule has 2 N–H and O–H groups in total. The number of alkyl carbamates (subject to hydrolysis) is 1. The van der Waals surface area contributed by atoms with E-state index >= 15 is 0 Å². The number of ether oxygens (including phenoxy) is 1. The van der Waals surface area contributed by atoms with Crippen LogP contribution in [0, 0.1) is 11.8 Å². The van der Waals surface area contributed by atoms with Crippen LogP contribution >= 0.6 is 0 Å². The van der Waals surface area contributed by atoms with E-state index in [0.29, 0.717) is 19.3 Å². The van der Waals surface area contributed by atoms with Gasteiger partial charge in [0.15, 0.2) is 0 Å². The molecule has 4 aliphatic rings. The van der Waals surface area contributed by atoms with E-state index in [0.717, 1.165) is 12.8 Å². The largest absolute Gasteiger partial charge is 0.481 e. The van der Waals surface area contributed by atoms with Crippen LogP contribution in [0.2, 0.25) is 0 Å². The first-order valence-corrected chi connectivity index (χ1v) is 12.2. The van der Waals surface area contributed by atoms with Crippen LogP contribution in [0.25, 0.3) is 11.1 Å². The molecule has 0 radical (unpaired) electrons. The number of carbonyl (C=O) groups excluding carboxylic acids is 2. The summed E-state index contributed by atoms with van der Waals surface area (Å²) >= 11 is 0. The number of amides is 2. The first kappa shape index (κ1) is 21.2. The molecule has 2 amide bonds. The third-order valence-corrected chi connectivity index (χ3v) is 8.26. The van der Waals surface area contributed by atoms with Crippen molar-refractivity contribution in [1.29, 1.82) is 0 Å². The maximum absolute atomic E-state index is 13.0. The van der Waals surface area contributed by atoms with Gasteiger partial charge in [-0.05, 0) is 54.4 Å². The number of aliphatic carboxylic acids is 1. The van der Waals surface area contributed by atoms with E-state index in [1.165, 1.54) is 22.3 Å². The Hall–Kier alpha value is -3.35. The van der Waals surface area contributed by atoms with Crippen LogP contribution in [0.1, 0.15) is 49.1 Å². The molecule has 2 aliphatic heterocycles. The van der Waals surface area contributed by atoms with Gasteiger partial charge in [0.05, 0.1) is 5.92 Å². The molecule has 2 heterocycles. The molecule has 1 saturated carbocycles. The van der Waals surface area contributed by atoms with Crippen molar-refractivity contribution in [2.24, 2.45) is 11.8 Å². The summed E-state index contributed by atoms with van der Waals surface area (Å²) < 4.78 is 5.62. The molecular weight excluding hydrogens is 432 g/mol. The summed E-state index contributed by atoms with van der Waals surface area (Å²) in [6.07, 6.45) is 2.95. The van der Waals surface area contributed by atoms with Crippen LogP contribution < -0.4 is 5.32 Å². The zero-order chi connectivity index (χ0) is 23.4. The van der Waals surface area contributed by atoms with Gasteiger partial charge in [0, 0.05) is 30.0 Å². The molecule has 2 aliphatic carbocycles. The second-order valence-electron chi connectivity index (χ2n) is 10.1. The summed E-state index contributed by atoms with van der Waals surface area (Å²) in [5.41, 5.74) is 4.72. The second kappa shape index (κ2) is 8.15. The van der Waals surface area contributed by atoms with Gasteiger partial charge in [0.25, 0.3) is 0 Å². The van der Waals surface area contributed by atoms with Crippen LogP contribution in [0.15, 0.2) is 48.5 Å². The molecule has 2 saturated heterocycles. The summed E-state index contributed by atoms with van der Waals surface area (Å²) in [4.78, 5) is 38.8. The Kier molecular flexibility index (Phi) is 5.08. The highest BCUT2D eigenvalue weighted by atomic mass is 16.5. The van der Waals surface area contributed by atoms with E-state index in [1.54, 1.807) is 0 Å². The van der Waals surface area contributed by atoms with Crippen molar-refractivity contribution in [2.75, 3.05) is 6.61 Å². The van der Waals surface area contributed by atoms with Crippen molar-refractivity contribution in [2.45, 2.75) is 56.1 Å². The summed E-state index contributed by atoms with van der Waals surface area (Å²) in [5, 5.41) is 12.3. The smallest absolute Gasteiger partial charge is 0.407 e. The normalized spacial score (nSPS) is 28.7. The van der Waals surface area contributed by atoms with Gasteiger partial charge in [-0.1, -0.05) is 48.5 Å². The number of carboxylic acid groups (broad SMARTS) is 1. The maximum atomic E-state index is 13.0. The van der Waals surface area contributed by atoms with Crippen LogP contribution in [0.3, 0.4) is 0 Å². The number of fused-ring (bicyclic) bond motifs is 5. The average molecular weight is 461 g/mol. The van der Waals surface area contributed by atoms with Crippen molar-refractivity contribution in [3.63, 3.8) is 0 Å². The molecule has 2 bridgehead atoms. The van der Waals surface area contributed by atoms with Crippen molar-refractivity contribution >= 4 is 18.0 Å². The highest BCUT2D eigenvalue weighted by molar-refractivity contribution is 5.84. The molecule has 2 aromatic carbocycles. The third kappa shape index (κ3) is 3.37. The Morgan fingerprint density at radius 3 is 2.21 bits per heavy atom. The first-order valence-electron chi connectivity index (χ1n) is 12.2. The van der Waals surface area contributed by atoms with E-state index in [1.807, 2.05) is 29.2 Å². The fourth-order valence-corrected chi connectivity index (χ4v) is 6.55. The lowest BCUT2D eigenvalue weighted by Gasteiger charge is -2.38. The number of nitrogens with zero attached hydrogens (tertiary/aromatic N) is 1. The lowest BCUT2D eigenvalue weighted by atomic mass is 9.79. The topological polar surface area (TPSA) is 95.9 Å².